The number of rotatable bonds is 5. The molecule has 1 aliphatic rings. The third-order valence-electron chi connectivity index (χ3n) is 3.35. The van der Waals surface area contributed by atoms with E-state index >= 15 is 0 Å². The summed E-state index contributed by atoms with van der Waals surface area (Å²) in [5.41, 5.74) is 1.71. The Hall–Kier alpha value is -2.41. The molecule has 1 amide bonds. The summed E-state index contributed by atoms with van der Waals surface area (Å²) in [6.07, 6.45) is 1.34. The molecule has 0 spiro atoms. The highest BCUT2D eigenvalue weighted by Gasteiger charge is 2.15. The van der Waals surface area contributed by atoms with Gasteiger partial charge in [-0.15, -0.1) is 11.3 Å². The molecule has 6 nitrogen and oxygen atoms in total. The van der Waals surface area contributed by atoms with E-state index in [4.69, 9.17) is 9.84 Å². The molecule has 0 unspecified atom stereocenters. The van der Waals surface area contributed by atoms with Gasteiger partial charge in [0.2, 0.25) is 0 Å². The highest BCUT2D eigenvalue weighted by molar-refractivity contribution is 7.09. The predicted octanol–water partition coefficient (Wildman–Crippen LogP) is 1.75. The van der Waals surface area contributed by atoms with Crippen LogP contribution in [-0.4, -0.2) is 35.1 Å². The highest BCUT2D eigenvalue weighted by Crippen LogP contribution is 2.25. The Balaban J connectivity index is 1.54. The topological polar surface area (TPSA) is 88.5 Å². The number of benzene rings is 1. The van der Waals surface area contributed by atoms with E-state index in [1.54, 1.807) is 6.07 Å². The fourth-order valence-corrected chi connectivity index (χ4v) is 3.01. The van der Waals surface area contributed by atoms with Crippen LogP contribution in [0.25, 0.3) is 0 Å². The maximum atomic E-state index is 12.1. The van der Waals surface area contributed by atoms with Crippen LogP contribution in [0.15, 0.2) is 23.6 Å². The maximum Gasteiger partial charge on any atom is 0.355 e. The molecule has 1 aliphatic heterocycles. The summed E-state index contributed by atoms with van der Waals surface area (Å²) in [7, 11) is 0. The van der Waals surface area contributed by atoms with E-state index in [9.17, 15) is 9.59 Å². The Morgan fingerprint density at radius 3 is 3.05 bits per heavy atom. The average molecular weight is 318 g/mol. The predicted molar refractivity (Wildman–Crippen MR) is 80.8 cm³/mol. The van der Waals surface area contributed by atoms with Crippen LogP contribution in [0.1, 0.15) is 31.4 Å². The number of carbonyl (C=O) groups excluding carboxylic acids is 1. The summed E-state index contributed by atoms with van der Waals surface area (Å²) in [5.74, 6) is -0.336. The monoisotopic (exact) mass is 318 g/mol. The second-order valence-corrected chi connectivity index (χ2v) is 5.80. The van der Waals surface area contributed by atoms with Gasteiger partial charge in [-0.25, -0.2) is 9.78 Å². The van der Waals surface area contributed by atoms with Gasteiger partial charge in [-0.05, 0) is 23.8 Å². The summed E-state index contributed by atoms with van der Waals surface area (Å²) < 4.78 is 5.41. The van der Waals surface area contributed by atoms with Gasteiger partial charge in [0.25, 0.3) is 5.91 Å². The maximum absolute atomic E-state index is 12.1. The number of nitrogens with one attached hydrogen (secondary N) is 1. The number of hydrogen-bond donors (Lipinski definition) is 2. The minimum Gasteiger partial charge on any atom is -0.493 e. The van der Waals surface area contributed by atoms with E-state index in [2.05, 4.69) is 10.3 Å². The normalized spacial score (nSPS) is 12.5. The number of carboxylic acid groups (broad SMARTS) is 1. The lowest BCUT2D eigenvalue weighted by Crippen LogP contribution is -2.25. The lowest BCUT2D eigenvalue weighted by atomic mass is 10.1. The zero-order valence-corrected chi connectivity index (χ0v) is 12.5. The van der Waals surface area contributed by atoms with Crippen LogP contribution in [0, 0.1) is 0 Å². The van der Waals surface area contributed by atoms with Crippen LogP contribution in [0.4, 0.5) is 0 Å². The SMILES string of the molecule is O=C(NCCc1nc(C(=O)O)cs1)c1ccc2c(c1)CCO2. The first-order valence-electron chi connectivity index (χ1n) is 6.85. The van der Waals surface area contributed by atoms with E-state index in [-0.39, 0.29) is 11.6 Å². The summed E-state index contributed by atoms with van der Waals surface area (Å²) in [5, 5.41) is 13.8. The van der Waals surface area contributed by atoms with Crippen molar-refractivity contribution >= 4 is 23.2 Å². The van der Waals surface area contributed by atoms with Crippen LogP contribution in [0.5, 0.6) is 5.75 Å². The number of fused-ring (bicyclic) bond motifs is 1. The van der Waals surface area contributed by atoms with Crippen LogP contribution in [0.2, 0.25) is 0 Å². The second-order valence-electron chi connectivity index (χ2n) is 4.86. The van der Waals surface area contributed by atoms with Crippen LogP contribution in [-0.2, 0) is 12.8 Å². The summed E-state index contributed by atoms with van der Waals surface area (Å²) >= 11 is 1.28. The van der Waals surface area contributed by atoms with Gasteiger partial charge >= 0.3 is 5.97 Å². The summed E-state index contributed by atoms with van der Waals surface area (Å²) in [6.45, 7) is 1.08. The Morgan fingerprint density at radius 1 is 1.41 bits per heavy atom. The van der Waals surface area contributed by atoms with E-state index in [1.807, 2.05) is 12.1 Å². The van der Waals surface area contributed by atoms with Gasteiger partial charge in [0.1, 0.15) is 5.75 Å². The first-order chi connectivity index (χ1) is 10.6. The van der Waals surface area contributed by atoms with Crippen molar-refractivity contribution in [2.24, 2.45) is 0 Å². The van der Waals surface area contributed by atoms with Gasteiger partial charge in [0.05, 0.1) is 11.6 Å². The Labute approximate surface area is 130 Å². The van der Waals surface area contributed by atoms with Crippen LogP contribution in [0.3, 0.4) is 0 Å². The van der Waals surface area contributed by atoms with Crippen molar-refractivity contribution in [2.75, 3.05) is 13.2 Å². The smallest absolute Gasteiger partial charge is 0.355 e. The minimum atomic E-state index is -1.04. The average Bonchev–Trinajstić information content (AvgIpc) is 3.15. The number of nitrogens with zero attached hydrogens (tertiary/aromatic N) is 1. The van der Waals surface area contributed by atoms with Crippen molar-refractivity contribution in [2.45, 2.75) is 12.8 Å². The number of aromatic nitrogens is 1. The molecule has 1 aromatic carbocycles. The first-order valence-corrected chi connectivity index (χ1v) is 7.73. The fourth-order valence-electron chi connectivity index (χ4n) is 2.24. The van der Waals surface area contributed by atoms with Crippen molar-refractivity contribution < 1.29 is 19.4 Å². The molecule has 114 valence electrons. The van der Waals surface area contributed by atoms with Crippen molar-refractivity contribution in [1.29, 1.82) is 0 Å². The number of carbonyl (C=O) groups is 2. The zero-order valence-electron chi connectivity index (χ0n) is 11.7. The van der Waals surface area contributed by atoms with Gasteiger partial charge in [0, 0.05) is 30.3 Å². The van der Waals surface area contributed by atoms with Crippen molar-refractivity contribution in [1.82, 2.24) is 10.3 Å². The minimum absolute atomic E-state index is 0.0462. The molecule has 3 rings (SSSR count). The number of hydrogen-bond acceptors (Lipinski definition) is 5. The third-order valence-corrected chi connectivity index (χ3v) is 4.26. The molecule has 0 atom stereocenters. The summed E-state index contributed by atoms with van der Waals surface area (Å²) in [6, 6.07) is 5.41. The molecular weight excluding hydrogens is 304 g/mol. The molecule has 7 heteroatoms. The van der Waals surface area contributed by atoms with Gasteiger partial charge in [0.15, 0.2) is 5.69 Å². The van der Waals surface area contributed by atoms with Crippen molar-refractivity contribution in [3.8, 4) is 5.75 Å². The third kappa shape index (κ3) is 3.09. The Kier molecular flexibility index (Phi) is 4.06. The Morgan fingerprint density at radius 2 is 2.27 bits per heavy atom. The van der Waals surface area contributed by atoms with E-state index < -0.39 is 5.97 Å². The molecular formula is C15H14N2O4S. The molecule has 0 radical (unpaired) electrons. The lowest BCUT2D eigenvalue weighted by Gasteiger charge is -2.05. The molecule has 0 saturated heterocycles. The number of amides is 1. The highest BCUT2D eigenvalue weighted by atomic mass is 32.1. The molecule has 2 aromatic rings. The zero-order chi connectivity index (χ0) is 15.5. The largest absolute Gasteiger partial charge is 0.493 e. The quantitative estimate of drug-likeness (QED) is 0.877. The van der Waals surface area contributed by atoms with E-state index in [1.165, 1.54) is 16.7 Å². The van der Waals surface area contributed by atoms with Crippen LogP contribution < -0.4 is 10.1 Å². The molecule has 0 bridgehead atoms. The van der Waals surface area contributed by atoms with E-state index in [0.717, 1.165) is 17.7 Å². The lowest BCUT2D eigenvalue weighted by molar-refractivity contribution is 0.0690. The number of ether oxygens (including phenoxy) is 1. The number of aromatic carboxylic acids is 1. The molecule has 2 N–H and O–H groups in total. The molecule has 0 aliphatic carbocycles. The Bertz CT molecular complexity index is 726. The van der Waals surface area contributed by atoms with Crippen molar-refractivity contribution in [3.05, 3.63) is 45.4 Å². The standard InChI is InChI=1S/C15H14N2O4S/c18-14(10-1-2-12-9(7-10)4-6-21-12)16-5-3-13-17-11(8-22-13)15(19)20/h1-2,7-8H,3-6H2,(H,16,18)(H,19,20). The first kappa shape index (κ1) is 14.5. The van der Waals surface area contributed by atoms with Crippen molar-refractivity contribution in [3.63, 3.8) is 0 Å². The molecule has 1 aromatic heterocycles. The molecule has 0 saturated carbocycles. The summed E-state index contributed by atoms with van der Waals surface area (Å²) in [4.78, 5) is 26.8. The van der Waals surface area contributed by atoms with Gasteiger partial charge in [-0.3, -0.25) is 4.79 Å². The van der Waals surface area contributed by atoms with Gasteiger partial charge < -0.3 is 15.2 Å². The second kappa shape index (κ2) is 6.15. The number of thiazole rings is 1. The van der Waals surface area contributed by atoms with Crippen LogP contribution >= 0.6 is 11.3 Å². The van der Waals surface area contributed by atoms with E-state index in [0.29, 0.717) is 30.1 Å². The fraction of sp³-hybridized carbons (Fsp3) is 0.267. The molecule has 2 heterocycles. The van der Waals surface area contributed by atoms with Gasteiger partial charge in [-0.2, -0.15) is 0 Å². The molecule has 22 heavy (non-hydrogen) atoms. The van der Waals surface area contributed by atoms with Gasteiger partial charge in [-0.1, -0.05) is 0 Å². The molecule has 0 fully saturated rings. The number of carboxylic acids is 1.